The highest BCUT2D eigenvalue weighted by molar-refractivity contribution is 6.05. The third-order valence-electron chi connectivity index (χ3n) is 5.17. The Bertz CT molecular complexity index is 736. The van der Waals surface area contributed by atoms with Crippen LogP contribution in [0.25, 0.3) is 0 Å². The van der Waals surface area contributed by atoms with Gasteiger partial charge in [0.15, 0.2) is 0 Å². The smallest absolute Gasteiger partial charge is 0.255 e. The average Bonchev–Trinajstić information content (AvgIpc) is 2.98. The zero-order chi connectivity index (χ0) is 19.4. The number of aliphatic hydroxyl groups is 1. The number of rotatable bonds is 8. The van der Waals surface area contributed by atoms with Crippen LogP contribution in [-0.4, -0.2) is 64.9 Å². The summed E-state index contributed by atoms with van der Waals surface area (Å²) in [6, 6.07) is 5.00. The molecule has 27 heavy (non-hydrogen) atoms. The molecule has 2 heterocycles. The van der Waals surface area contributed by atoms with E-state index in [1.54, 1.807) is 11.0 Å². The minimum absolute atomic E-state index is 0.0565. The Morgan fingerprint density at radius 3 is 2.78 bits per heavy atom. The van der Waals surface area contributed by atoms with Crippen LogP contribution < -0.4 is 11.1 Å². The molecule has 0 spiro atoms. The first-order valence-electron chi connectivity index (χ1n) is 9.34. The van der Waals surface area contributed by atoms with E-state index in [-0.39, 0.29) is 24.8 Å². The quantitative estimate of drug-likeness (QED) is 0.533. The Balaban J connectivity index is 1.79. The van der Waals surface area contributed by atoms with Crippen LogP contribution in [0.4, 0.5) is 0 Å². The molecule has 1 atom stereocenters. The zero-order valence-electron chi connectivity index (χ0n) is 15.3. The Kier molecular flexibility index (Phi) is 6.20. The third-order valence-corrected chi connectivity index (χ3v) is 5.17. The molecule has 1 fully saturated rings. The minimum atomic E-state index is -0.610. The summed E-state index contributed by atoms with van der Waals surface area (Å²) in [5.74, 6) is -0.864. The lowest BCUT2D eigenvalue weighted by molar-refractivity contribution is -0.136. The first-order valence-corrected chi connectivity index (χ1v) is 9.34. The van der Waals surface area contributed by atoms with Gasteiger partial charge in [-0.3, -0.25) is 24.6 Å². The van der Waals surface area contributed by atoms with Crippen LogP contribution in [0.2, 0.25) is 0 Å². The van der Waals surface area contributed by atoms with Crippen molar-refractivity contribution in [3.05, 3.63) is 34.9 Å². The standard InChI is InChI=1S/C19H26N4O4/c20-7-2-8-22(9-10-24)11-13-3-1-4-14-15(13)12-23(19(14)27)16-5-6-17(25)21-18(16)26/h1,3-4,16,24H,2,5-12,20H2,(H,21,25,26). The van der Waals surface area contributed by atoms with Crippen molar-refractivity contribution >= 4 is 17.7 Å². The molecule has 1 aromatic carbocycles. The molecule has 1 unspecified atom stereocenters. The minimum Gasteiger partial charge on any atom is -0.395 e. The second-order valence-electron chi connectivity index (χ2n) is 6.99. The summed E-state index contributed by atoms with van der Waals surface area (Å²) < 4.78 is 0. The predicted octanol–water partition coefficient (Wildman–Crippen LogP) is -0.409. The number of nitrogens with one attached hydrogen (secondary N) is 1. The molecule has 1 aromatic rings. The summed E-state index contributed by atoms with van der Waals surface area (Å²) in [4.78, 5) is 40.1. The first-order chi connectivity index (χ1) is 13.0. The number of imide groups is 1. The van der Waals surface area contributed by atoms with Crippen molar-refractivity contribution in [1.29, 1.82) is 0 Å². The summed E-state index contributed by atoms with van der Waals surface area (Å²) in [5.41, 5.74) is 8.14. The van der Waals surface area contributed by atoms with Crippen molar-refractivity contribution in [1.82, 2.24) is 15.1 Å². The van der Waals surface area contributed by atoms with Crippen molar-refractivity contribution < 1.29 is 19.5 Å². The van der Waals surface area contributed by atoms with Gasteiger partial charge >= 0.3 is 0 Å². The third kappa shape index (κ3) is 4.18. The molecular weight excluding hydrogens is 348 g/mol. The topological polar surface area (TPSA) is 116 Å². The number of carbonyl (C=O) groups is 3. The number of benzene rings is 1. The molecule has 4 N–H and O–H groups in total. The van der Waals surface area contributed by atoms with Crippen LogP contribution >= 0.6 is 0 Å². The predicted molar refractivity (Wildman–Crippen MR) is 98.5 cm³/mol. The Morgan fingerprint density at radius 2 is 2.07 bits per heavy atom. The summed E-state index contributed by atoms with van der Waals surface area (Å²) in [5, 5.41) is 11.6. The lowest BCUT2D eigenvalue weighted by atomic mass is 10.0. The van der Waals surface area contributed by atoms with E-state index < -0.39 is 11.9 Å². The summed E-state index contributed by atoms with van der Waals surface area (Å²) in [6.07, 6.45) is 1.43. The molecule has 0 aromatic heterocycles. The van der Waals surface area contributed by atoms with Gasteiger partial charge in [0, 0.05) is 31.6 Å². The van der Waals surface area contributed by atoms with Gasteiger partial charge in [0.2, 0.25) is 11.8 Å². The number of hydrogen-bond acceptors (Lipinski definition) is 6. The van der Waals surface area contributed by atoms with Crippen molar-refractivity contribution in [2.24, 2.45) is 5.73 Å². The van der Waals surface area contributed by atoms with E-state index in [9.17, 15) is 19.5 Å². The number of piperidine rings is 1. The molecule has 146 valence electrons. The van der Waals surface area contributed by atoms with Crippen LogP contribution in [0.3, 0.4) is 0 Å². The Hall–Kier alpha value is -2.29. The van der Waals surface area contributed by atoms with Gasteiger partial charge < -0.3 is 15.7 Å². The second kappa shape index (κ2) is 8.60. The molecule has 0 saturated carbocycles. The van der Waals surface area contributed by atoms with Gasteiger partial charge in [-0.2, -0.15) is 0 Å². The number of aliphatic hydroxyl groups excluding tert-OH is 1. The molecule has 3 rings (SSSR count). The lowest BCUT2D eigenvalue weighted by Gasteiger charge is -2.29. The van der Waals surface area contributed by atoms with Gasteiger partial charge in [-0.25, -0.2) is 0 Å². The molecule has 0 bridgehead atoms. The van der Waals surface area contributed by atoms with Crippen LogP contribution in [0.1, 0.15) is 40.7 Å². The van der Waals surface area contributed by atoms with Crippen molar-refractivity contribution in [2.75, 3.05) is 26.2 Å². The van der Waals surface area contributed by atoms with Gasteiger partial charge in [0.1, 0.15) is 6.04 Å². The van der Waals surface area contributed by atoms with Crippen molar-refractivity contribution in [2.45, 2.75) is 38.4 Å². The van der Waals surface area contributed by atoms with Crippen LogP contribution in [0.5, 0.6) is 0 Å². The van der Waals surface area contributed by atoms with E-state index in [0.29, 0.717) is 38.2 Å². The van der Waals surface area contributed by atoms with Crippen LogP contribution in [-0.2, 0) is 22.7 Å². The normalized spacial score (nSPS) is 19.6. The number of amides is 3. The highest BCUT2D eigenvalue weighted by Gasteiger charge is 2.39. The Morgan fingerprint density at radius 1 is 1.26 bits per heavy atom. The van der Waals surface area contributed by atoms with Gasteiger partial charge in [0.25, 0.3) is 5.91 Å². The molecule has 0 aliphatic carbocycles. The first kappa shape index (κ1) is 19.5. The van der Waals surface area contributed by atoms with E-state index in [2.05, 4.69) is 10.2 Å². The molecule has 3 amide bonds. The van der Waals surface area contributed by atoms with E-state index in [0.717, 1.165) is 24.1 Å². The number of hydrogen-bond donors (Lipinski definition) is 3. The molecule has 8 heteroatoms. The maximum absolute atomic E-state index is 12.8. The van der Waals surface area contributed by atoms with E-state index >= 15 is 0 Å². The maximum Gasteiger partial charge on any atom is 0.255 e. The second-order valence-corrected chi connectivity index (χ2v) is 6.99. The lowest BCUT2D eigenvalue weighted by Crippen LogP contribution is -2.52. The molecule has 2 aliphatic rings. The highest BCUT2D eigenvalue weighted by Crippen LogP contribution is 2.30. The molecule has 0 radical (unpaired) electrons. The number of carbonyl (C=O) groups excluding carboxylic acids is 3. The summed E-state index contributed by atoms with van der Waals surface area (Å²) in [6.45, 7) is 2.91. The molecule has 2 aliphatic heterocycles. The molecule has 1 saturated heterocycles. The monoisotopic (exact) mass is 374 g/mol. The van der Waals surface area contributed by atoms with E-state index in [4.69, 9.17) is 5.73 Å². The number of nitrogens with two attached hydrogens (primary N) is 1. The number of nitrogens with zero attached hydrogens (tertiary/aromatic N) is 2. The fourth-order valence-electron chi connectivity index (χ4n) is 3.77. The fraction of sp³-hybridized carbons (Fsp3) is 0.526. The molecule has 8 nitrogen and oxygen atoms in total. The van der Waals surface area contributed by atoms with Crippen molar-refractivity contribution in [3.8, 4) is 0 Å². The highest BCUT2D eigenvalue weighted by atomic mass is 16.3. The SMILES string of the molecule is NCCCN(CCO)Cc1cccc2c1CN(C1CCC(=O)NC1=O)C2=O. The van der Waals surface area contributed by atoms with E-state index in [1.165, 1.54) is 0 Å². The maximum atomic E-state index is 12.8. The number of fused-ring (bicyclic) bond motifs is 1. The van der Waals surface area contributed by atoms with Gasteiger partial charge in [-0.05, 0) is 43.1 Å². The summed E-state index contributed by atoms with van der Waals surface area (Å²) in [7, 11) is 0. The van der Waals surface area contributed by atoms with Gasteiger partial charge in [0.05, 0.1) is 6.61 Å². The Labute approximate surface area is 158 Å². The van der Waals surface area contributed by atoms with E-state index in [1.807, 2.05) is 12.1 Å². The van der Waals surface area contributed by atoms with Gasteiger partial charge in [-0.1, -0.05) is 12.1 Å². The largest absolute Gasteiger partial charge is 0.395 e. The average molecular weight is 374 g/mol. The zero-order valence-corrected chi connectivity index (χ0v) is 15.3. The van der Waals surface area contributed by atoms with Gasteiger partial charge in [-0.15, -0.1) is 0 Å². The van der Waals surface area contributed by atoms with Crippen LogP contribution in [0, 0.1) is 0 Å². The van der Waals surface area contributed by atoms with Crippen LogP contribution in [0.15, 0.2) is 18.2 Å². The fourth-order valence-corrected chi connectivity index (χ4v) is 3.77. The molecular formula is C19H26N4O4. The summed E-state index contributed by atoms with van der Waals surface area (Å²) >= 11 is 0. The van der Waals surface area contributed by atoms with Crippen molar-refractivity contribution in [3.63, 3.8) is 0 Å².